The number of nitrogens with zero attached hydrogens (tertiary/aromatic N) is 1. The maximum atomic E-state index is 11.3. The number of thiophene rings is 1. The van der Waals surface area contributed by atoms with Crippen molar-refractivity contribution in [2.24, 2.45) is 0 Å². The largest absolute Gasteiger partial charge is 0.397 e. The molecular formula is C10H8N2O3S. The maximum Gasteiger partial charge on any atom is 0.280 e. The Kier molecular flexibility index (Phi) is 2.35. The highest BCUT2D eigenvalue weighted by Crippen LogP contribution is 2.39. The minimum absolute atomic E-state index is 0.0567. The molecule has 0 radical (unpaired) electrons. The monoisotopic (exact) mass is 236 g/mol. The Bertz CT molecular complexity index is 603. The molecule has 2 rings (SSSR count). The van der Waals surface area contributed by atoms with Gasteiger partial charge in [-0.3, -0.25) is 14.9 Å². The number of non-ortho nitro benzene ring substituents is 1. The van der Waals surface area contributed by atoms with Crippen molar-refractivity contribution >= 4 is 38.6 Å². The van der Waals surface area contributed by atoms with E-state index in [1.807, 2.05) is 0 Å². The number of carbonyl (C=O) groups is 1. The van der Waals surface area contributed by atoms with Crippen molar-refractivity contribution in [3.05, 3.63) is 33.2 Å². The van der Waals surface area contributed by atoms with Crippen LogP contribution in [0.4, 0.5) is 11.4 Å². The summed E-state index contributed by atoms with van der Waals surface area (Å²) in [4.78, 5) is 22.0. The molecule has 0 atom stereocenters. The smallest absolute Gasteiger partial charge is 0.280 e. The molecular weight excluding hydrogens is 228 g/mol. The fourth-order valence-electron chi connectivity index (χ4n) is 1.57. The lowest BCUT2D eigenvalue weighted by atomic mass is 10.1. The van der Waals surface area contributed by atoms with Crippen LogP contribution in [0.1, 0.15) is 16.6 Å². The van der Waals surface area contributed by atoms with Gasteiger partial charge in [0, 0.05) is 17.7 Å². The third-order valence-corrected chi connectivity index (χ3v) is 3.52. The summed E-state index contributed by atoms with van der Waals surface area (Å²) in [5.74, 6) is -0.173. The SMILES string of the molecule is CC(=O)c1sc2cccc([N+](=O)[O-])c2c1N. The predicted octanol–water partition coefficient (Wildman–Crippen LogP) is 2.59. The zero-order valence-corrected chi connectivity index (χ0v) is 9.21. The van der Waals surface area contributed by atoms with E-state index in [4.69, 9.17) is 5.73 Å². The Hall–Kier alpha value is -1.95. The van der Waals surface area contributed by atoms with Crippen LogP contribution < -0.4 is 5.73 Å². The standard InChI is InChI=1S/C10H8N2O3S/c1-5(13)10-9(11)8-6(12(14)15)3-2-4-7(8)16-10/h2-4H,11H2,1H3. The molecule has 1 aromatic heterocycles. The number of hydrogen-bond acceptors (Lipinski definition) is 5. The molecule has 5 nitrogen and oxygen atoms in total. The number of rotatable bonds is 2. The summed E-state index contributed by atoms with van der Waals surface area (Å²) >= 11 is 1.18. The third kappa shape index (κ3) is 1.43. The van der Waals surface area contributed by atoms with Gasteiger partial charge in [0.1, 0.15) is 0 Å². The molecule has 0 amide bonds. The zero-order valence-electron chi connectivity index (χ0n) is 8.39. The van der Waals surface area contributed by atoms with Crippen LogP contribution in [0.5, 0.6) is 0 Å². The van der Waals surface area contributed by atoms with Gasteiger partial charge < -0.3 is 5.73 Å². The van der Waals surface area contributed by atoms with E-state index in [-0.39, 0.29) is 17.2 Å². The molecule has 0 unspecified atom stereocenters. The highest BCUT2D eigenvalue weighted by molar-refractivity contribution is 7.21. The summed E-state index contributed by atoms with van der Waals surface area (Å²) in [6.45, 7) is 1.40. The number of Topliss-reactive ketones (excluding diaryl/α,β-unsaturated/α-hetero) is 1. The van der Waals surface area contributed by atoms with Gasteiger partial charge in [-0.2, -0.15) is 0 Å². The Labute approximate surface area is 94.6 Å². The average molecular weight is 236 g/mol. The van der Waals surface area contributed by atoms with Crippen molar-refractivity contribution in [3.63, 3.8) is 0 Å². The van der Waals surface area contributed by atoms with Gasteiger partial charge in [-0.25, -0.2) is 0 Å². The fraction of sp³-hybridized carbons (Fsp3) is 0.100. The van der Waals surface area contributed by atoms with E-state index in [1.165, 1.54) is 24.3 Å². The number of carbonyl (C=O) groups excluding carboxylic acids is 1. The molecule has 1 aromatic carbocycles. The number of benzene rings is 1. The Balaban J connectivity index is 2.87. The van der Waals surface area contributed by atoms with Crippen LogP contribution in [-0.4, -0.2) is 10.7 Å². The van der Waals surface area contributed by atoms with E-state index in [0.717, 1.165) is 0 Å². The van der Waals surface area contributed by atoms with E-state index in [1.54, 1.807) is 12.1 Å². The van der Waals surface area contributed by atoms with Crippen LogP contribution >= 0.6 is 11.3 Å². The molecule has 82 valence electrons. The second-order valence-corrected chi connectivity index (χ2v) is 4.36. The van der Waals surface area contributed by atoms with Crippen LogP contribution in [0, 0.1) is 10.1 Å². The molecule has 6 heteroatoms. The zero-order chi connectivity index (χ0) is 11.9. The van der Waals surface area contributed by atoms with Crippen molar-refractivity contribution in [3.8, 4) is 0 Å². The van der Waals surface area contributed by atoms with Crippen molar-refractivity contribution in [1.82, 2.24) is 0 Å². The summed E-state index contributed by atoms with van der Waals surface area (Å²) in [6.07, 6.45) is 0. The molecule has 16 heavy (non-hydrogen) atoms. The number of ketones is 1. The molecule has 0 spiro atoms. The predicted molar refractivity (Wildman–Crippen MR) is 62.9 cm³/mol. The number of nitrogens with two attached hydrogens (primary N) is 1. The third-order valence-electron chi connectivity index (χ3n) is 2.25. The highest BCUT2D eigenvalue weighted by Gasteiger charge is 2.20. The van der Waals surface area contributed by atoms with E-state index in [0.29, 0.717) is 15.0 Å². The summed E-state index contributed by atoms with van der Waals surface area (Å²) in [5, 5.41) is 11.2. The number of anilines is 1. The second kappa shape index (κ2) is 3.57. The normalized spacial score (nSPS) is 10.6. The molecule has 0 aliphatic rings. The molecule has 0 bridgehead atoms. The average Bonchev–Trinajstić information content (AvgIpc) is 2.56. The summed E-state index contributed by atoms with van der Waals surface area (Å²) in [7, 11) is 0. The lowest BCUT2D eigenvalue weighted by molar-refractivity contribution is -0.383. The number of nitro groups is 1. The first-order chi connectivity index (χ1) is 7.52. The molecule has 2 N–H and O–H groups in total. The quantitative estimate of drug-likeness (QED) is 0.493. The number of hydrogen-bond donors (Lipinski definition) is 1. The first-order valence-corrected chi connectivity index (χ1v) is 5.30. The number of nitrogen functional groups attached to an aromatic ring is 1. The van der Waals surface area contributed by atoms with Crippen molar-refractivity contribution in [2.45, 2.75) is 6.92 Å². The van der Waals surface area contributed by atoms with Gasteiger partial charge in [0.2, 0.25) is 0 Å². The van der Waals surface area contributed by atoms with Gasteiger partial charge in [0.05, 0.1) is 20.9 Å². The number of fused-ring (bicyclic) bond motifs is 1. The summed E-state index contributed by atoms with van der Waals surface area (Å²) in [5.41, 5.74) is 5.92. The molecule has 0 aliphatic carbocycles. The van der Waals surface area contributed by atoms with E-state index in [9.17, 15) is 14.9 Å². The molecule has 0 saturated heterocycles. The van der Waals surface area contributed by atoms with Gasteiger partial charge in [0.25, 0.3) is 5.69 Å². The van der Waals surface area contributed by atoms with Gasteiger partial charge in [-0.05, 0) is 6.07 Å². The summed E-state index contributed by atoms with van der Waals surface area (Å²) in [6, 6.07) is 4.69. The van der Waals surface area contributed by atoms with Crippen molar-refractivity contribution < 1.29 is 9.72 Å². The van der Waals surface area contributed by atoms with E-state index >= 15 is 0 Å². The van der Waals surface area contributed by atoms with E-state index < -0.39 is 4.92 Å². The molecule has 1 heterocycles. The van der Waals surface area contributed by atoms with Gasteiger partial charge >= 0.3 is 0 Å². The fourth-order valence-corrected chi connectivity index (χ4v) is 2.61. The first kappa shape index (κ1) is 10.6. The van der Waals surface area contributed by atoms with E-state index in [2.05, 4.69) is 0 Å². The Morgan fingerprint density at radius 3 is 2.75 bits per heavy atom. The van der Waals surface area contributed by atoms with Crippen LogP contribution in [-0.2, 0) is 0 Å². The Morgan fingerprint density at radius 2 is 2.19 bits per heavy atom. The highest BCUT2D eigenvalue weighted by atomic mass is 32.1. The first-order valence-electron chi connectivity index (χ1n) is 4.48. The van der Waals surface area contributed by atoms with Gasteiger partial charge in [-0.1, -0.05) is 6.07 Å². The van der Waals surface area contributed by atoms with Crippen LogP contribution in [0.2, 0.25) is 0 Å². The minimum Gasteiger partial charge on any atom is -0.397 e. The molecule has 0 fully saturated rings. The van der Waals surface area contributed by atoms with Crippen molar-refractivity contribution in [1.29, 1.82) is 0 Å². The van der Waals surface area contributed by atoms with Gasteiger partial charge in [0.15, 0.2) is 5.78 Å². The van der Waals surface area contributed by atoms with Gasteiger partial charge in [-0.15, -0.1) is 11.3 Å². The van der Waals surface area contributed by atoms with Crippen LogP contribution in [0.25, 0.3) is 10.1 Å². The summed E-state index contributed by atoms with van der Waals surface area (Å²) < 4.78 is 0.664. The van der Waals surface area contributed by atoms with Crippen molar-refractivity contribution in [2.75, 3.05) is 5.73 Å². The lowest BCUT2D eigenvalue weighted by Crippen LogP contribution is -1.95. The Morgan fingerprint density at radius 1 is 1.50 bits per heavy atom. The second-order valence-electron chi connectivity index (χ2n) is 3.31. The molecule has 2 aromatic rings. The minimum atomic E-state index is -0.491. The maximum absolute atomic E-state index is 11.3. The molecule has 0 saturated carbocycles. The molecule has 0 aliphatic heterocycles. The van der Waals surface area contributed by atoms with Crippen LogP contribution in [0.3, 0.4) is 0 Å². The topological polar surface area (TPSA) is 86.2 Å². The number of nitro benzene ring substituents is 1. The van der Waals surface area contributed by atoms with Crippen LogP contribution in [0.15, 0.2) is 18.2 Å². The lowest BCUT2D eigenvalue weighted by Gasteiger charge is -1.95.